The first-order chi connectivity index (χ1) is 9.60. The number of nitrogens with two attached hydrogens (primary N) is 1. The Labute approximate surface area is 125 Å². The lowest BCUT2D eigenvalue weighted by molar-refractivity contribution is 0.550. The number of nitrogens with one attached hydrogen (secondary N) is 1. The Morgan fingerprint density at radius 2 is 2.00 bits per heavy atom. The first kappa shape index (κ1) is 14.8. The van der Waals surface area contributed by atoms with E-state index in [0.717, 1.165) is 18.5 Å². The number of pyridine rings is 1. The molecule has 1 atom stereocenters. The lowest BCUT2D eigenvalue weighted by Gasteiger charge is -2.20. The van der Waals surface area contributed by atoms with E-state index < -0.39 is 0 Å². The number of aryl methyl sites for hydroxylation is 1. The zero-order chi connectivity index (χ0) is 14.5. The van der Waals surface area contributed by atoms with Crippen LogP contribution < -0.4 is 11.1 Å². The summed E-state index contributed by atoms with van der Waals surface area (Å²) in [6.07, 6.45) is 2.44. The molecule has 0 aliphatic heterocycles. The van der Waals surface area contributed by atoms with E-state index >= 15 is 0 Å². The highest BCUT2D eigenvalue weighted by Gasteiger charge is 2.15. The van der Waals surface area contributed by atoms with E-state index in [1.54, 1.807) is 6.20 Å². The van der Waals surface area contributed by atoms with Crippen molar-refractivity contribution in [2.45, 2.75) is 26.3 Å². The van der Waals surface area contributed by atoms with Gasteiger partial charge in [0.05, 0.1) is 5.02 Å². The SMILES string of the molecule is CCNC(Cc1ccc(C)cc1)c1cc(Cl)cnc1N. The number of aromatic nitrogens is 1. The molecule has 0 fully saturated rings. The summed E-state index contributed by atoms with van der Waals surface area (Å²) >= 11 is 6.04. The summed E-state index contributed by atoms with van der Waals surface area (Å²) in [6, 6.07) is 10.6. The van der Waals surface area contributed by atoms with E-state index in [4.69, 9.17) is 17.3 Å². The number of nitrogens with zero attached hydrogens (tertiary/aromatic N) is 1. The Bertz CT molecular complexity index is 566. The highest BCUT2D eigenvalue weighted by Crippen LogP contribution is 2.25. The number of likely N-dealkylation sites (N-methyl/N-ethyl adjacent to an activating group) is 1. The summed E-state index contributed by atoms with van der Waals surface area (Å²) in [6.45, 7) is 5.03. The highest BCUT2D eigenvalue weighted by atomic mass is 35.5. The zero-order valence-electron chi connectivity index (χ0n) is 11.9. The fourth-order valence-electron chi connectivity index (χ4n) is 2.24. The molecule has 2 aromatic rings. The van der Waals surface area contributed by atoms with E-state index in [9.17, 15) is 0 Å². The van der Waals surface area contributed by atoms with Gasteiger partial charge in [0.1, 0.15) is 5.82 Å². The number of halogens is 1. The topological polar surface area (TPSA) is 50.9 Å². The molecule has 0 spiro atoms. The second kappa shape index (κ2) is 6.73. The Balaban J connectivity index is 2.26. The maximum absolute atomic E-state index is 6.04. The van der Waals surface area contributed by atoms with Gasteiger partial charge in [-0.3, -0.25) is 0 Å². The van der Waals surface area contributed by atoms with Crippen molar-refractivity contribution >= 4 is 17.4 Å². The molecule has 0 amide bonds. The van der Waals surface area contributed by atoms with Crippen LogP contribution in [0.15, 0.2) is 36.5 Å². The Hall–Kier alpha value is -1.58. The molecule has 0 bridgehead atoms. The fraction of sp³-hybridized carbons (Fsp3) is 0.312. The molecule has 0 saturated carbocycles. The van der Waals surface area contributed by atoms with E-state index in [2.05, 4.69) is 48.4 Å². The van der Waals surface area contributed by atoms with Gasteiger partial charge in [0.2, 0.25) is 0 Å². The zero-order valence-corrected chi connectivity index (χ0v) is 12.6. The molecule has 1 unspecified atom stereocenters. The average Bonchev–Trinajstić information content (AvgIpc) is 2.43. The molecule has 0 aliphatic rings. The molecular weight excluding hydrogens is 270 g/mol. The lowest BCUT2D eigenvalue weighted by atomic mass is 9.98. The maximum Gasteiger partial charge on any atom is 0.128 e. The minimum absolute atomic E-state index is 0.119. The minimum atomic E-state index is 0.119. The van der Waals surface area contributed by atoms with Gasteiger partial charge < -0.3 is 11.1 Å². The van der Waals surface area contributed by atoms with Crippen LogP contribution in [0.1, 0.15) is 29.7 Å². The van der Waals surface area contributed by atoms with Crippen molar-refractivity contribution in [2.75, 3.05) is 12.3 Å². The van der Waals surface area contributed by atoms with Crippen molar-refractivity contribution in [2.24, 2.45) is 0 Å². The van der Waals surface area contributed by atoms with Gasteiger partial charge in [-0.1, -0.05) is 48.4 Å². The van der Waals surface area contributed by atoms with Gasteiger partial charge in [0, 0.05) is 17.8 Å². The molecule has 1 heterocycles. The largest absolute Gasteiger partial charge is 0.383 e. The highest BCUT2D eigenvalue weighted by molar-refractivity contribution is 6.30. The third-order valence-corrected chi connectivity index (χ3v) is 3.51. The summed E-state index contributed by atoms with van der Waals surface area (Å²) in [5.41, 5.74) is 9.47. The predicted octanol–water partition coefficient (Wildman–Crippen LogP) is 3.52. The second-order valence-corrected chi connectivity index (χ2v) is 5.36. The van der Waals surface area contributed by atoms with Crippen LogP contribution in [0.5, 0.6) is 0 Å². The van der Waals surface area contributed by atoms with Gasteiger partial charge in [0.25, 0.3) is 0 Å². The third kappa shape index (κ3) is 3.71. The number of hydrogen-bond donors (Lipinski definition) is 2. The van der Waals surface area contributed by atoms with Crippen LogP contribution in [-0.4, -0.2) is 11.5 Å². The average molecular weight is 290 g/mol. The van der Waals surface area contributed by atoms with Crippen molar-refractivity contribution in [3.05, 3.63) is 58.2 Å². The van der Waals surface area contributed by atoms with E-state index in [0.29, 0.717) is 10.8 Å². The molecule has 0 aliphatic carbocycles. The second-order valence-electron chi connectivity index (χ2n) is 4.93. The molecule has 2 rings (SSSR count). The van der Waals surface area contributed by atoms with E-state index in [-0.39, 0.29) is 6.04 Å². The molecule has 20 heavy (non-hydrogen) atoms. The Kier molecular flexibility index (Phi) is 4.99. The number of nitrogen functional groups attached to an aromatic ring is 1. The minimum Gasteiger partial charge on any atom is -0.383 e. The van der Waals surface area contributed by atoms with Crippen LogP contribution in [0.3, 0.4) is 0 Å². The molecule has 1 aromatic carbocycles. The fourth-order valence-corrected chi connectivity index (χ4v) is 2.41. The van der Waals surface area contributed by atoms with Gasteiger partial charge >= 0.3 is 0 Å². The Morgan fingerprint density at radius 1 is 1.30 bits per heavy atom. The van der Waals surface area contributed by atoms with Crippen molar-refractivity contribution < 1.29 is 0 Å². The first-order valence-electron chi connectivity index (χ1n) is 6.80. The lowest BCUT2D eigenvalue weighted by Crippen LogP contribution is -2.24. The molecular formula is C16H20ClN3. The maximum atomic E-state index is 6.04. The molecule has 106 valence electrons. The summed E-state index contributed by atoms with van der Waals surface area (Å²) < 4.78 is 0. The quantitative estimate of drug-likeness (QED) is 0.885. The molecule has 0 radical (unpaired) electrons. The van der Waals surface area contributed by atoms with Gasteiger partial charge in [-0.25, -0.2) is 4.98 Å². The van der Waals surface area contributed by atoms with Crippen LogP contribution in [0, 0.1) is 6.92 Å². The van der Waals surface area contributed by atoms with Crippen molar-refractivity contribution in [3.8, 4) is 0 Å². The van der Waals surface area contributed by atoms with Crippen LogP contribution in [-0.2, 0) is 6.42 Å². The molecule has 1 aromatic heterocycles. The van der Waals surface area contributed by atoms with E-state index in [1.165, 1.54) is 11.1 Å². The molecule has 3 nitrogen and oxygen atoms in total. The number of hydrogen-bond acceptors (Lipinski definition) is 3. The van der Waals surface area contributed by atoms with Crippen molar-refractivity contribution in [1.82, 2.24) is 10.3 Å². The number of rotatable bonds is 5. The first-order valence-corrected chi connectivity index (χ1v) is 7.17. The van der Waals surface area contributed by atoms with Gasteiger partial charge in [0.15, 0.2) is 0 Å². The van der Waals surface area contributed by atoms with Gasteiger partial charge in [-0.2, -0.15) is 0 Å². The number of benzene rings is 1. The summed E-state index contributed by atoms with van der Waals surface area (Å²) in [5, 5.41) is 4.06. The summed E-state index contributed by atoms with van der Waals surface area (Å²) in [4.78, 5) is 4.14. The smallest absolute Gasteiger partial charge is 0.128 e. The number of anilines is 1. The van der Waals surface area contributed by atoms with Crippen LogP contribution in [0.4, 0.5) is 5.82 Å². The van der Waals surface area contributed by atoms with Gasteiger partial charge in [-0.05, 0) is 31.5 Å². The van der Waals surface area contributed by atoms with Crippen molar-refractivity contribution in [3.63, 3.8) is 0 Å². The summed E-state index contributed by atoms with van der Waals surface area (Å²) in [7, 11) is 0. The van der Waals surface area contributed by atoms with Crippen LogP contribution in [0.2, 0.25) is 5.02 Å². The normalized spacial score (nSPS) is 12.3. The van der Waals surface area contributed by atoms with Crippen molar-refractivity contribution in [1.29, 1.82) is 0 Å². The molecule has 3 N–H and O–H groups in total. The summed E-state index contributed by atoms with van der Waals surface area (Å²) in [5.74, 6) is 0.535. The standard InChI is InChI=1S/C16H20ClN3/c1-3-19-15(8-12-6-4-11(2)5-7-12)14-9-13(17)10-20-16(14)18/h4-7,9-10,15,19H,3,8H2,1-2H3,(H2,18,20). The third-order valence-electron chi connectivity index (χ3n) is 3.30. The van der Waals surface area contributed by atoms with E-state index in [1.807, 2.05) is 6.07 Å². The predicted molar refractivity (Wildman–Crippen MR) is 85.0 cm³/mol. The van der Waals surface area contributed by atoms with Gasteiger partial charge in [-0.15, -0.1) is 0 Å². The Morgan fingerprint density at radius 3 is 2.65 bits per heavy atom. The van der Waals surface area contributed by atoms with Crippen LogP contribution in [0.25, 0.3) is 0 Å². The molecule has 4 heteroatoms. The monoisotopic (exact) mass is 289 g/mol. The van der Waals surface area contributed by atoms with Crippen LogP contribution >= 0.6 is 11.6 Å². The molecule has 0 saturated heterocycles.